The number of aliphatic hydroxyl groups excluding tert-OH is 1. The van der Waals surface area contributed by atoms with E-state index in [0.29, 0.717) is 18.3 Å². The maximum atomic E-state index is 11.8. The van der Waals surface area contributed by atoms with Gasteiger partial charge in [-0.15, -0.1) is 0 Å². The number of aliphatic hydroxyl groups is 2. The summed E-state index contributed by atoms with van der Waals surface area (Å²) in [5.74, 6) is 1.14. The van der Waals surface area contributed by atoms with E-state index in [1.165, 1.54) is 5.57 Å². The molecule has 0 aromatic rings. The maximum Gasteiger partial charge on any atom is 0.178 e. The molecule has 0 heterocycles. The Morgan fingerprint density at radius 1 is 1.22 bits per heavy atom. The number of fused-ring (bicyclic) bond motifs is 5. The van der Waals surface area contributed by atoms with Crippen LogP contribution in [0.2, 0.25) is 0 Å². The van der Waals surface area contributed by atoms with Crippen LogP contribution in [0.15, 0.2) is 23.8 Å². The monoisotopic (exact) mass is 316 g/mol. The van der Waals surface area contributed by atoms with Crippen molar-refractivity contribution >= 4 is 5.78 Å². The molecular weight excluding hydrogens is 288 g/mol. The number of hydrogen-bond donors (Lipinski definition) is 2. The Hall–Kier alpha value is -0.930. The van der Waals surface area contributed by atoms with E-state index in [1.807, 2.05) is 13.0 Å². The summed E-state index contributed by atoms with van der Waals surface area (Å²) in [6.45, 7) is 6.32. The molecular formula is C20H28O3. The summed E-state index contributed by atoms with van der Waals surface area (Å²) in [5, 5.41) is 22.0. The van der Waals surface area contributed by atoms with Gasteiger partial charge in [0.1, 0.15) is 0 Å². The normalized spacial score (nSPS) is 55.0. The summed E-state index contributed by atoms with van der Waals surface area (Å²) in [6.07, 6.45) is 9.61. The van der Waals surface area contributed by atoms with Gasteiger partial charge in [0, 0.05) is 16.7 Å². The minimum Gasteiger partial charge on any atom is -0.393 e. The zero-order valence-electron chi connectivity index (χ0n) is 14.4. The predicted molar refractivity (Wildman–Crippen MR) is 88.6 cm³/mol. The highest BCUT2D eigenvalue weighted by molar-refractivity contribution is 6.01. The summed E-state index contributed by atoms with van der Waals surface area (Å²) >= 11 is 0. The van der Waals surface area contributed by atoms with Gasteiger partial charge in [-0.05, 0) is 63.0 Å². The second-order valence-electron chi connectivity index (χ2n) is 9.02. The van der Waals surface area contributed by atoms with Crippen molar-refractivity contribution in [2.45, 2.75) is 64.6 Å². The van der Waals surface area contributed by atoms with Crippen molar-refractivity contribution in [3.63, 3.8) is 0 Å². The van der Waals surface area contributed by atoms with Gasteiger partial charge in [0.2, 0.25) is 0 Å². The molecule has 0 amide bonds. The van der Waals surface area contributed by atoms with Crippen molar-refractivity contribution < 1.29 is 15.0 Å². The lowest BCUT2D eigenvalue weighted by Gasteiger charge is -2.59. The highest BCUT2D eigenvalue weighted by atomic mass is 16.3. The third-order valence-corrected chi connectivity index (χ3v) is 8.06. The Labute approximate surface area is 138 Å². The van der Waals surface area contributed by atoms with Crippen molar-refractivity contribution in [2.75, 3.05) is 0 Å². The first kappa shape index (κ1) is 15.6. The van der Waals surface area contributed by atoms with Crippen LogP contribution in [0.3, 0.4) is 0 Å². The van der Waals surface area contributed by atoms with Crippen LogP contribution in [0.5, 0.6) is 0 Å². The van der Waals surface area contributed by atoms with Crippen molar-refractivity contribution in [3.05, 3.63) is 23.8 Å². The number of ketones is 1. The van der Waals surface area contributed by atoms with Gasteiger partial charge in [0.25, 0.3) is 0 Å². The molecule has 0 spiro atoms. The van der Waals surface area contributed by atoms with Crippen LogP contribution < -0.4 is 0 Å². The van der Waals surface area contributed by atoms with Crippen molar-refractivity contribution in [1.29, 1.82) is 0 Å². The Bertz CT molecular complexity index is 616. The van der Waals surface area contributed by atoms with Crippen LogP contribution in [-0.2, 0) is 4.79 Å². The van der Waals surface area contributed by atoms with E-state index in [1.54, 1.807) is 12.2 Å². The van der Waals surface area contributed by atoms with Crippen LogP contribution in [0, 0.1) is 28.6 Å². The van der Waals surface area contributed by atoms with Crippen molar-refractivity contribution in [2.24, 2.45) is 28.6 Å². The van der Waals surface area contributed by atoms with E-state index in [-0.39, 0.29) is 22.5 Å². The average Bonchev–Trinajstić information content (AvgIpc) is 2.69. The van der Waals surface area contributed by atoms with E-state index < -0.39 is 11.7 Å². The first-order chi connectivity index (χ1) is 10.7. The predicted octanol–water partition coefficient (Wildman–Crippen LogP) is 3.02. The molecule has 3 saturated carbocycles. The first-order valence-corrected chi connectivity index (χ1v) is 9.04. The lowest BCUT2D eigenvalue weighted by molar-refractivity contribution is -0.157. The summed E-state index contributed by atoms with van der Waals surface area (Å²) in [5.41, 5.74) is 0.114. The van der Waals surface area contributed by atoms with E-state index in [0.717, 1.165) is 25.7 Å². The van der Waals surface area contributed by atoms with Gasteiger partial charge >= 0.3 is 0 Å². The van der Waals surface area contributed by atoms with E-state index in [4.69, 9.17) is 0 Å². The molecule has 0 unspecified atom stereocenters. The Kier molecular flexibility index (Phi) is 3.10. The van der Waals surface area contributed by atoms with E-state index in [9.17, 15) is 15.0 Å². The first-order valence-electron chi connectivity index (χ1n) is 9.04. The number of rotatable bonds is 0. The molecule has 3 heteroatoms. The Balaban J connectivity index is 1.76. The van der Waals surface area contributed by atoms with Crippen LogP contribution in [0.25, 0.3) is 0 Å². The highest BCUT2D eigenvalue weighted by Gasteiger charge is 2.64. The topological polar surface area (TPSA) is 57.5 Å². The second-order valence-corrected chi connectivity index (χ2v) is 9.02. The lowest BCUT2D eigenvalue weighted by atomic mass is 9.46. The molecule has 3 fully saturated rings. The molecule has 0 aromatic heterocycles. The standard InChI is InChI=1S/C20H28O3/c1-18-8-6-13(21)10-12(18)4-5-14-15-7-9-20(3,23)19(15,2)11-16(22)17(14)18/h6,8,10,14-17,22-23H,4-5,7,9,11H2,1-3H3/t14-,15-,16-,17+,18-,19-,20+/m0/s1. The molecule has 126 valence electrons. The fraction of sp³-hybridized carbons (Fsp3) is 0.750. The fourth-order valence-electron chi connectivity index (χ4n) is 6.55. The summed E-state index contributed by atoms with van der Waals surface area (Å²) < 4.78 is 0. The van der Waals surface area contributed by atoms with Crippen LogP contribution in [-0.4, -0.2) is 27.7 Å². The number of allylic oxidation sites excluding steroid dienone is 4. The summed E-state index contributed by atoms with van der Waals surface area (Å²) in [4.78, 5) is 11.8. The van der Waals surface area contributed by atoms with Crippen molar-refractivity contribution in [1.82, 2.24) is 0 Å². The zero-order chi connectivity index (χ0) is 16.6. The van der Waals surface area contributed by atoms with Gasteiger partial charge in [-0.2, -0.15) is 0 Å². The van der Waals surface area contributed by atoms with Crippen LogP contribution in [0.1, 0.15) is 52.9 Å². The molecule has 4 aliphatic rings. The fourth-order valence-corrected chi connectivity index (χ4v) is 6.55. The third-order valence-electron chi connectivity index (χ3n) is 8.06. The van der Waals surface area contributed by atoms with Gasteiger partial charge in [-0.1, -0.05) is 25.5 Å². The maximum absolute atomic E-state index is 11.8. The molecule has 0 saturated heterocycles. The summed E-state index contributed by atoms with van der Waals surface area (Å²) in [7, 11) is 0. The number of hydrogen-bond acceptors (Lipinski definition) is 3. The molecule has 7 atom stereocenters. The van der Waals surface area contributed by atoms with Crippen LogP contribution >= 0.6 is 0 Å². The van der Waals surface area contributed by atoms with Crippen molar-refractivity contribution in [3.8, 4) is 0 Å². The molecule has 4 rings (SSSR count). The molecule has 2 N–H and O–H groups in total. The van der Waals surface area contributed by atoms with Gasteiger partial charge in [-0.3, -0.25) is 4.79 Å². The molecule has 23 heavy (non-hydrogen) atoms. The Morgan fingerprint density at radius 3 is 2.70 bits per heavy atom. The van der Waals surface area contributed by atoms with Crippen LogP contribution in [0.4, 0.5) is 0 Å². The average molecular weight is 316 g/mol. The quantitative estimate of drug-likeness (QED) is 0.722. The van der Waals surface area contributed by atoms with Gasteiger partial charge in [0.15, 0.2) is 5.78 Å². The second kappa shape index (κ2) is 4.58. The van der Waals surface area contributed by atoms with E-state index in [2.05, 4.69) is 13.8 Å². The molecule has 0 aromatic carbocycles. The molecule has 3 nitrogen and oxygen atoms in total. The molecule has 0 bridgehead atoms. The van der Waals surface area contributed by atoms with Gasteiger partial charge in [-0.25, -0.2) is 0 Å². The lowest BCUT2D eigenvalue weighted by Crippen LogP contribution is -2.58. The third kappa shape index (κ3) is 1.87. The largest absolute Gasteiger partial charge is 0.393 e. The minimum absolute atomic E-state index is 0.0786. The summed E-state index contributed by atoms with van der Waals surface area (Å²) in [6, 6.07) is 0. The van der Waals surface area contributed by atoms with E-state index >= 15 is 0 Å². The number of carbonyl (C=O) groups is 1. The van der Waals surface area contributed by atoms with Gasteiger partial charge < -0.3 is 10.2 Å². The molecule has 0 aliphatic heterocycles. The highest BCUT2D eigenvalue weighted by Crippen LogP contribution is 2.66. The Morgan fingerprint density at radius 2 is 1.96 bits per heavy atom. The van der Waals surface area contributed by atoms with Gasteiger partial charge in [0.05, 0.1) is 11.7 Å². The molecule has 4 aliphatic carbocycles. The zero-order valence-corrected chi connectivity index (χ0v) is 14.4. The SMILES string of the molecule is C[C@]12C=CC(=O)C=C1CC[C@@H]1[C@@H]2[C@@H](O)C[C@@]2(C)[C@H]1CC[C@@]2(C)O. The molecule has 0 radical (unpaired) electrons. The number of carbonyl (C=O) groups excluding carboxylic acids is 1. The minimum atomic E-state index is -0.682. The smallest absolute Gasteiger partial charge is 0.178 e.